The molecule has 0 atom stereocenters. The Labute approximate surface area is 123 Å². The van der Waals surface area contributed by atoms with Crippen molar-refractivity contribution in [1.29, 1.82) is 0 Å². The highest BCUT2D eigenvalue weighted by molar-refractivity contribution is 5.59. The summed E-state index contributed by atoms with van der Waals surface area (Å²) in [5, 5.41) is 3.13. The molecule has 0 radical (unpaired) electrons. The molecule has 6 heteroatoms. The number of nitrogens with zero attached hydrogens (tertiary/aromatic N) is 3. The molecule has 0 aromatic carbocycles. The van der Waals surface area contributed by atoms with Gasteiger partial charge in [0, 0.05) is 44.2 Å². The summed E-state index contributed by atoms with van der Waals surface area (Å²) in [4.78, 5) is 20.5. The predicted molar refractivity (Wildman–Crippen MR) is 82.3 cm³/mol. The average Bonchev–Trinajstić information content (AvgIpc) is 2.51. The second-order valence-corrected chi connectivity index (χ2v) is 4.64. The maximum atomic E-state index is 12.0. The van der Waals surface area contributed by atoms with Crippen molar-refractivity contribution in [2.24, 2.45) is 7.05 Å². The molecule has 6 nitrogen and oxygen atoms in total. The van der Waals surface area contributed by atoms with Crippen molar-refractivity contribution in [1.82, 2.24) is 14.5 Å². The maximum absolute atomic E-state index is 12.0. The average molecular weight is 288 g/mol. The third-order valence-electron chi connectivity index (χ3n) is 2.99. The second-order valence-electron chi connectivity index (χ2n) is 4.64. The van der Waals surface area contributed by atoms with Crippen LogP contribution in [0.5, 0.6) is 0 Å². The molecule has 0 spiro atoms. The van der Waals surface area contributed by atoms with E-state index in [1.54, 1.807) is 19.4 Å². The molecule has 112 valence electrons. The fraction of sp³-hybridized carbons (Fsp3) is 0.400. The quantitative estimate of drug-likeness (QED) is 0.785. The van der Waals surface area contributed by atoms with Crippen LogP contribution in [0, 0.1) is 0 Å². The Bertz CT molecular complexity index is 625. The van der Waals surface area contributed by atoms with Gasteiger partial charge in [-0.05, 0) is 18.6 Å². The van der Waals surface area contributed by atoms with E-state index in [4.69, 9.17) is 4.74 Å². The van der Waals surface area contributed by atoms with Crippen molar-refractivity contribution >= 4 is 5.95 Å². The number of hydrogen-bond donors (Lipinski definition) is 1. The minimum atomic E-state index is -0.103. The van der Waals surface area contributed by atoms with Crippen LogP contribution in [0.1, 0.15) is 13.3 Å². The van der Waals surface area contributed by atoms with Gasteiger partial charge in [-0.25, -0.2) is 4.98 Å². The van der Waals surface area contributed by atoms with Gasteiger partial charge in [-0.1, -0.05) is 6.92 Å². The minimum Gasteiger partial charge on any atom is -0.380 e. The minimum absolute atomic E-state index is 0.103. The summed E-state index contributed by atoms with van der Waals surface area (Å²) in [5.74, 6) is 0.536. The van der Waals surface area contributed by atoms with Crippen molar-refractivity contribution in [3.8, 4) is 11.3 Å². The van der Waals surface area contributed by atoms with Crippen molar-refractivity contribution in [2.75, 3.05) is 25.1 Å². The molecule has 2 heterocycles. The van der Waals surface area contributed by atoms with Gasteiger partial charge in [-0.3, -0.25) is 14.3 Å². The normalized spacial score (nSPS) is 10.6. The molecule has 1 N–H and O–H groups in total. The van der Waals surface area contributed by atoms with E-state index in [-0.39, 0.29) is 5.56 Å². The second kappa shape index (κ2) is 7.54. The Hall–Kier alpha value is -2.21. The smallest absolute Gasteiger partial charge is 0.255 e. The lowest BCUT2D eigenvalue weighted by atomic mass is 10.2. The van der Waals surface area contributed by atoms with Gasteiger partial charge in [0.25, 0.3) is 5.56 Å². The zero-order chi connectivity index (χ0) is 15.1. The molecule has 2 rings (SSSR count). The van der Waals surface area contributed by atoms with Crippen molar-refractivity contribution < 1.29 is 4.74 Å². The molecule has 0 fully saturated rings. The van der Waals surface area contributed by atoms with E-state index >= 15 is 0 Å². The summed E-state index contributed by atoms with van der Waals surface area (Å²) in [5.41, 5.74) is 1.40. The van der Waals surface area contributed by atoms with Crippen LogP contribution in [-0.2, 0) is 11.8 Å². The predicted octanol–water partition coefficient (Wildman–Crippen LogP) is 1.68. The van der Waals surface area contributed by atoms with Crippen LogP contribution in [0.25, 0.3) is 11.3 Å². The molecule has 0 amide bonds. The van der Waals surface area contributed by atoms with E-state index in [2.05, 4.69) is 22.2 Å². The Morgan fingerprint density at radius 2 is 2.05 bits per heavy atom. The molecule has 0 bridgehead atoms. The molecule has 21 heavy (non-hydrogen) atoms. The first-order chi connectivity index (χ1) is 10.2. The summed E-state index contributed by atoms with van der Waals surface area (Å²) < 4.78 is 6.89. The fourth-order valence-corrected chi connectivity index (χ4v) is 1.85. The van der Waals surface area contributed by atoms with Gasteiger partial charge in [-0.2, -0.15) is 0 Å². The highest BCUT2D eigenvalue weighted by atomic mass is 16.5. The number of ether oxygens (including phenoxy) is 1. The monoisotopic (exact) mass is 288 g/mol. The van der Waals surface area contributed by atoms with Gasteiger partial charge in [0.2, 0.25) is 5.95 Å². The highest BCUT2D eigenvalue weighted by Crippen LogP contribution is 2.15. The molecule has 2 aromatic rings. The van der Waals surface area contributed by atoms with Crippen LogP contribution in [0.2, 0.25) is 0 Å². The third kappa shape index (κ3) is 4.13. The standard InChI is InChI=1S/C15H20N4O2/c1-3-9-21-10-8-17-15-18-13(11-14(20)19(15)2)12-4-6-16-7-5-12/h4-7,11H,3,8-10H2,1-2H3,(H,17,18). The van der Waals surface area contributed by atoms with E-state index in [0.717, 1.165) is 18.6 Å². The largest absolute Gasteiger partial charge is 0.380 e. The zero-order valence-corrected chi connectivity index (χ0v) is 12.4. The molecule has 2 aromatic heterocycles. The van der Waals surface area contributed by atoms with Gasteiger partial charge in [0.05, 0.1) is 12.3 Å². The Balaban J connectivity index is 2.14. The third-order valence-corrected chi connectivity index (χ3v) is 2.99. The van der Waals surface area contributed by atoms with Crippen LogP contribution in [0.15, 0.2) is 35.4 Å². The number of rotatable bonds is 7. The molecule has 0 aliphatic carbocycles. The molecular formula is C15H20N4O2. The fourth-order valence-electron chi connectivity index (χ4n) is 1.85. The van der Waals surface area contributed by atoms with E-state index in [1.807, 2.05) is 12.1 Å². The summed E-state index contributed by atoms with van der Waals surface area (Å²) in [6.45, 7) is 4.01. The van der Waals surface area contributed by atoms with Crippen molar-refractivity contribution in [3.63, 3.8) is 0 Å². The van der Waals surface area contributed by atoms with E-state index in [9.17, 15) is 4.79 Å². The van der Waals surface area contributed by atoms with E-state index < -0.39 is 0 Å². The first kappa shape index (κ1) is 15.2. The van der Waals surface area contributed by atoms with Crippen molar-refractivity contribution in [3.05, 3.63) is 40.9 Å². The van der Waals surface area contributed by atoms with Crippen LogP contribution in [0.4, 0.5) is 5.95 Å². The first-order valence-corrected chi connectivity index (χ1v) is 7.02. The Kier molecular flexibility index (Phi) is 5.45. The van der Waals surface area contributed by atoms with Crippen LogP contribution >= 0.6 is 0 Å². The van der Waals surface area contributed by atoms with Crippen LogP contribution in [0.3, 0.4) is 0 Å². The van der Waals surface area contributed by atoms with Crippen LogP contribution < -0.4 is 10.9 Å². The number of aromatic nitrogens is 3. The van der Waals surface area contributed by atoms with Gasteiger partial charge in [0.1, 0.15) is 0 Å². The SMILES string of the molecule is CCCOCCNc1nc(-c2ccncc2)cc(=O)n1C. The molecular weight excluding hydrogens is 268 g/mol. The van der Waals surface area contributed by atoms with Gasteiger partial charge < -0.3 is 10.1 Å². The summed E-state index contributed by atoms with van der Waals surface area (Å²) in [6.07, 6.45) is 4.36. The zero-order valence-electron chi connectivity index (χ0n) is 12.4. The van der Waals surface area contributed by atoms with Crippen molar-refractivity contribution in [2.45, 2.75) is 13.3 Å². The van der Waals surface area contributed by atoms with Gasteiger partial charge in [0.15, 0.2) is 0 Å². The summed E-state index contributed by atoms with van der Waals surface area (Å²) in [6, 6.07) is 5.18. The van der Waals surface area contributed by atoms with E-state index in [0.29, 0.717) is 24.8 Å². The topological polar surface area (TPSA) is 69.0 Å². The maximum Gasteiger partial charge on any atom is 0.255 e. The lowest BCUT2D eigenvalue weighted by molar-refractivity contribution is 0.144. The number of nitrogens with one attached hydrogen (secondary N) is 1. The van der Waals surface area contributed by atoms with Gasteiger partial charge >= 0.3 is 0 Å². The van der Waals surface area contributed by atoms with E-state index in [1.165, 1.54) is 10.6 Å². The Morgan fingerprint density at radius 1 is 1.29 bits per heavy atom. The lowest BCUT2D eigenvalue weighted by Gasteiger charge is -2.11. The molecule has 0 saturated heterocycles. The number of anilines is 1. The molecule has 0 aliphatic heterocycles. The Morgan fingerprint density at radius 3 is 2.76 bits per heavy atom. The summed E-state index contributed by atoms with van der Waals surface area (Å²) in [7, 11) is 1.70. The lowest BCUT2D eigenvalue weighted by Crippen LogP contribution is -2.23. The number of pyridine rings is 1. The van der Waals surface area contributed by atoms with Gasteiger partial charge in [-0.15, -0.1) is 0 Å². The summed E-state index contributed by atoms with van der Waals surface area (Å²) >= 11 is 0. The highest BCUT2D eigenvalue weighted by Gasteiger charge is 2.07. The van der Waals surface area contributed by atoms with Crippen LogP contribution in [-0.4, -0.2) is 34.3 Å². The molecule has 0 unspecified atom stereocenters. The number of hydrogen-bond acceptors (Lipinski definition) is 5. The first-order valence-electron chi connectivity index (χ1n) is 7.02. The molecule has 0 saturated carbocycles. The molecule has 0 aliphatic rings.